The summed E-state index contributed by atoms with van der Waals surface area (Å²) in [6, 6.07) is 2.23. The van der Waals surface area contributed by atoms with Crippen molar-refractivity contribution in [1.82, 2.24) is 20.3 Å². The molecule has 1 fully saturated rings. The molecular formula is C19H19ClF3N5O3. The van der Waals surface area contributed by atoms with Gasteiger partial charge in [0.25, 0.3) is 5.91 Å². The van der Waals surface area contributed by atoms with Gasteiger partial charge in [0.1, 0.15) is 22.0 Å². The lowest BCUT2D eigenvalue weighted by molar-refractivity contribution is -0.137. The number of nitrogens with two attached hydrogens (primary N) is 1. The highest BCUT2D eigenvalue weighted by Crippen LogP contribution is 2.46. The average Bonchev–Trinajstić information content (AvgIpc) is 3.49. The fourth-order valence-corrected chi connectivity index (χ4v) is 3.05. The van der Waals surface area contributed by atoms with Crippen molar-refractivity contribution in [3.05, 3.63) is 46.1 Å². The van der Waals surface area contributed by atoms with Gasteiger partial charge in [-0.1, -0.05) is 11.6 Å². The zero-order valence-electron chi connectivity index (χ0n) is 16.4. The highest BCUT2D eigenvalue weighted by molar-refractivity contribution is 6.31. The van der Waals surface area contributed by atoms with Crippen LogP contribution in [0.15, 0.2) is 18.3 Å². The van der Waals surface area contributed by atoms with Crippen LogP contribution >= 0.6 is 11.6 Å². The summed E-state index contributed by atoms with van der Waals surface area (Å²) in [6.45, 7) is 1.96. The van der Waals surface area contributed by atoms with Gasteiger partial charge in [-0.25, -0.2) is 15.0 Å². The first-order chi connectivity index (χ1) is 14.5. The van der Waals surface area contributed by atoms with Crippen LogP contribution in [0.1, 0.15) is 46.8 Å². The Morgan fingerprint density at radius 1 is 1.29 bits per heavy atom. The number of halogens is 4. The van der Waals surface area contributed by atoms with Crippen molar-refractivity contribution in [3.8, 4) is 5.88 Å². The molecule has 0 aromatic carbocycles. The van der Waals surface area contributed by atoms with Crippen molar-refractivity contribution in [2.24, 2.45) is 5.73 Å². The molecule has 2 amide bonds. The summed E-state index contributed by atoms with van der Waals surface area (Å²) in [5.74, 6) is -0.857. The van der Waals surface area contributed by atoms with E-state index in [9.17, 15) is 22.8 Å². The predicted octanol–water partition coefficient (Wildman–Crippen LogP) is 2.57. The number of ether oxygens (including phenoxy) is 1. The molecule has 1 saturated carbocycles. The quantitative estimate of drug-likeness (QED) is 0.588. The molecule has 2 aromatic rings. The molecule has 0 bridgehead atoms. The van der Waals surface area contributed by atoms with E-state index in [1.165, 1.54) is 6.07 Å². The van der Waals surface area contributed by atoms with E-state index >= 15 is 0 Å². The maximum absolute atomic E-state index is 12.6. The van der Waals surface area contributed by atoms with Gasteiger partial charge in [0.15, 0.2) is 0 Å². The molecular weight excluding hydrogens is 439 g/mol. The van der Waals surface area contributed by atoms with Crippen LogP contribution in [0, 0.1) is 6.92 Å². The highest BCUT2D eigenvalue weighted by atomic mass is 35.5. The third-order valence-electron chi connectivity index (χ3n) is 4.72. The molecule has 2 heterocycles. The van der Waals surface area contributed by atoms with E-state index in [0.29, 0.717) is 31.2 Å². The number of carbonyl (C=O) groups is 2. The van der Waals surface area contributed by atoms with Gasteiger partial charge in [0, 0.05) is 18.4 Å². The highest BCUT2D eigenvalue weighted by Gasteiger charge is 2.53. The lowest BCUT2D eigenvalue weighted by atomic mass is 10.1. The Labute approximate surface area is 180 Å². The number of nitrogens with zero attached hydrogens (tertiary/aromatic N) is 3. The smallest absolute Gasteiger partial charge is 0.417 e. The van der Waals surface area contributed by atoms with Gasteiger partial charge >= 0.3 is 6.18 Å². The molecule has 8 nitrogen and oxygen atoms in total. The van der Waals surface area contributed by atoms with E-state index in [2.05, 4.69) is 20.3 Å². The van der Waals surface area contributed by atoms with Crippen molar-refractivity contribution < 1.29 is 27.5 Å². The summed E-state index contributed by atoms with van der Waals surface area (Å²) in [5, 5.41) is 2.40. The number of primary amides is 1. The minimum atomic E-state index is -4.55. The summed E-state index contributed by atoms with van der Waals surface area (Å²) >= 11 is 5.77. The number of rotatable bonds is 8. The third kappa shape index (κ3) is 5.22. The SMILES string of the molecule is Cc1cc(C(=O)NCCCOc2ncc(C(F)(F)F)cc2Cl)nc(C2(C(N)=O)CC2)n1. The molecule has 0 atom stereocenters. The normalized spacial score (nSPS) is 14.7. The van der Waals surface area contributed by atoms with Gasteiger partial charge in [-0.15, -0.1) is 0 Å². The number of alkyl halides is 3. The summed E-state index contributed by atoms with van der Waals surface area (Å²) in [6.07, 6.45) is -2.48. The van der Waals surface area contributed by atoms with Gasteiger partial charge in [-0.3, -0.25) is 9.59 Å². The molecule has 3 rings (SSSR count). The molecule has 31 heavy (non-hydrogen) atoms. The number of aryl methyl sites for hydroxylation is 1. The van der Waals surface area contributed by atoms with Crippen LogP contribution in [0.2, 0.25) is 5.02 Å². The molecule has 0 spiro atoms. The van der Waals surface area contributed by atoms with Crippen molar-refractivity contribution in [2.45, 2.75) is 37.8 Å². The average molecular weight is 458 g/mol. The molecule has 1 aliphatic carbocycles. The van der Waals surface area contributed by atoms with Crippen LogP contribution in [0.3, 0.4) is 0 Å². The molecule has 3 N–H and O–H groups in total. The first-order valence-electron chi connectivity index (χ1n) is 9.33. The largest absolute Gasteiger partial charge is 0.477 e. The van der Waals surface area contributed by atoms with E-state index in [4.69, 9.17) is 22.1 Å². The predicted molar refractivity (Wildman–Crippen MR) is 104 cm³/mol. The fourth-order valence-electron chi connectivity index (χ4n) is 2.82. The zero-order valence-corrected chi connectivity index (χ0v) is 17.2. The summed E-state index contributed by atoms with van der Waals surface area (Å²) in [5.41, 5.74) is 4.22. The second kappa shape index (κ2) is 8.66. The maximum atomic E-state index is 12.6. The van der Waals surface area contributed by atoms with E-state index in [0.717, 1.165) is 6.07 Å². The monoisotopic (exact) mass is 457 g/mol. The Balaban J connectivity index is 1.51. The van der Waals surface area contributed by atoms with Gasteiger partial charge < -0.3 is 15.8 Å². The Morgan fingerprint density at radius 3 is 2.58 bits per heavy atom. The molecule has 0 saturated heterocycles. The number of carbonyl (C=O) groups excluding carboxylic acids is 2. The van der Waals surface area contributed by atoms with Crippen LogP contribution in [-0.4, -0.2) is 39.9 Å². The molecule has 12 heteroatoms. The lowest BCUT2D eigenvalue weighted by Gasteiger charge is -2.12. The summed E-state index contributed by atoms with van der Waals surface area (Å²) in [4.78, 5) is 36.1. The molecule has 0 radical (unpaired) electrons. The van der Waals surface area contributed by atoms with Crippen molar-refractivity contribution in [1.29, 1.82) is 0 Å². The fraction of sp³-hybridized carbons (Fsp3) is 0.421. The molecule has 0 aliphatic heterocycles. The number of amides is 2. The molecule has 0 unspecified atom stereocenters. The number of hydrogen-bond acceptors (Lipinski definition) is 6. The van der Waals surface area contributed by atoms with Crippen LogP contribution < -0.4 is 15.8 Å². The van der Waals surface area contributed by atoms with Gasteiger partial charge in [0.05, 0.1) is 12.2 Å². The molecule has 1 aliphatic rings. The summed E-state index contributed by atoms with van der Waals surface area (Å²) in [7, 11) is 0. The first-order valence-corrected chi connectivity index (χ1v) is 9.70. The molecule has 2 aromatic heterocycles. The van der Waals surface area contributed by atoms with Crippen LogP contribution in [-0.2, 0) is 16.4 Å². The van der Waals surface area contributed by atoms with Crippen LogP contribution in [0.25, 0.3) is 0 Å². The van der Waals surface area contributed by atoms with E-state index in [1.807, 2.05) is 0 Å². The second-order valence-corrected chi connectivity index (χ2v) is 7.54. The zero-order chi connectivity index (χ0) is 22.8. The van der Waals surface area contributed by atoms with E-state index in [-0.39, 0.29) is 35.6 Å². The lowest BCUT2D eigenvalue weighted by Crippen LogP contribution is -2.32. The minimum absolute atomic E-state index is 0.0667. The number of aromatic nitrogens is 3. The topological polar surface area (TPSA) is 120 Å². The van der Waals surface area contributed by atoms with Gasteiger partial charge in [0.2, 0.25) is 11.8 Å². The van der Waals surface area contributed by atoms with Gasteiger partial charge in [-0.05, 0) is 38.3 Å². The summed E-state index contributed by atoms with van der Waals surface area (Å²) < 4.78 is 43.1. The number of nitrogens with one attached hydrogen (secondary N) is 1. The van der Waals surface area contributed by atoms with Crippen molar-refractivity contribution in [3.63, 3.8) is 0 Å². The van der Waals surface area contributed by atoms with E-state index < -0.39 is 29.0 Å². The molecule has 166 valence electrons. The second-order valence-electron chi connectivity index (χ2n) is 7.13. The Kier molecular flexibility index (Phi) is 6.35. The van der Waals surface area contributed by atoms with Crippen LogP contribution in [0.4, 0.5) is 13.2 Å². The van der Waals surface area contributed by atoms with Gasteiger partial charge in [-0.2, -0.15) is 13.2 Å². The van der Waals surface area contributed by atoms with Crippen molar-refractivity contribution in [2.75, 3.05) is 13.2 Å². The van der Waals surface area contributed by atoms with Crippen LogP contribution in [0.5, 0.6) is 5.88 Å². The number of hydrogen-bond donors (Lipinski definition) is 2. The Hall–Kier alpha value is -2.95. The Morgan fingerprint density at radius 2 is 2.00 bits per heavy atom. The Bertz CT molecular complexity index is 1010. The minimum Gasteiger partial charge on any atom is -0.477 e. The van der Waals surface area contributed by atoms with Crippen molar-refractivity contribution >= 4 is 23.4 Å². The maximum Gasteiger partial charge on any atom is 0.417 e. The first kappa shape index (κ1) is 22.7. The number of pyridine rings is 1. The van der Waals surface area contributed by atoms with E-state index in [1.54, 1.807) is 6.92 Å². The third-order valence-corrected chi connectivity index (χ3v) is 4.99. The standard InChI is InChI=1S/C19H19ClF3N5O3/c1-10-7-13(28-17(27-10)18(3-4-18)16(24)30)14(29)25-5-2-6-31-15-12(20)8-11(9-26-15)19(21,22)23/h7-9H,2-6H2,1H3,(H2,24,30)(H,25,29).